The lowest BCUT2D eigenvalue weighted by atomic mass is 10.2. The van der Waals surface area contributed by atoms with E-state index in [-0.39, 0.29) is 29.7 Å². The summed E-state index contributed by atoms with van der Waals surface area (Å²) in [7, 11) is -3.52. The van der Waals surface area contributed by atoms with Gasteiger partial charge < -0.3 is 5.32 Å². The van der Waals surface area contributed by atoms with Crippen LogP contribution in [0, 0.1) is 6.92 Å². The number of unbranched alkanes of at least 4 members (excludes halogenated alkanes) is 2. The van der Waals surface area contributed by atoms with Crippen LogP contribution in [0.15, 0.2) is 58.4 Å². The molecule has 1 aliphatic rings. The van der Waals surface area contributed by atoms with Gasteiger partial charge in [0.1, 0.15) is 5.84 Å². The summed E-state index contributed by atoms with van der Waals surface area (Å²) < 4.78 is 26.5. The van der Waals surface area contributed by atoms with Crippen LogP contribution in [-0.2, 0) is 19.6 Å². The maximum absolute atomic E-state index is 12.0. The molecular formula is C22H27N5O4S. The summed E-state index contributed by atoms with van der Waals surface area (Å²) in [6.07, 6.45) is 2.38. The van der Waals surface area contributed by atoms with Crippen LogP contribution in [0.5, 0.6) is 0 Å². The van der Waals surface area contributed by atoms with Crippen LogP contribution in [0.1, 0.15) is 36.8 Å². The van der Waals surface area contributed by atoms with Crippen molar-refractivity contribution < 1.29 is 18.0 Å². The maximum atomic E-state index is 12.0. The van der Waals surface area contributed by atoms with E-state index in [0.29, 0.717) is 30.8 Å². The van der Waals surface area contributed by atoms with Crippen LogP contribution >= 0.6 is 0 Å². The third-order valence-electron chi connectivity index (χ3n) is 4.84. The zero-order chi connectivity index (χ0) is 23.0. The van der Waals surface area contributed by atoms with E-state index in [4.69, 9.17) is 0 Å². The van der Waals surface area contributed by atoms with Crippen molar-refractivity contribution in [1.82, 2.24) is 15.6 Å². The van der Waals surface area contributed by atoms with Gasteiger partial charge >= 0.3 is 0 Å². The molecule has 1 heterocycles. The van der Waals surface area contributed by atoms with Gasteiger partial charge in [-0.25, -0.2) is 8.42 Å². The lowest BCUT2D eigenvalue weighted by Crippen LogP contribution is -2.44. The lowest BCUT2D eigenvalue weighted by Gasteiger charge is -2.09. The van der Waals surface area contributed by atoms with E-state index < -0.39 is 10.0 Å². The molecule has 0 radical (unpaired) electrons. The summed E-state index contributed by atoms with van der Waals surface area (Å²) in [5.74, 6) is -0.244. The minimum Gasteiger partial charge on any atom is -0.376 e. The SMILES string of the molecule is Cc1ccc(NCC(=O)NNC(=O)CCCCCN=C2NS(=O)(=O)c3ccccc32)cc1. The summed E-state index contributed by atoms with van der Waals surface area (Å²) in [6.45, 7) is 2.49. The number of fused-ring (bicyclic) bond motifs is 1. The first-order valence-electron chi connectivity index (χ1n) is 10.4. The molecule has 0 saturated heterocycles. The molecule has 0 saturated carbocycles. The van der Waals surface area contributed by atoms with Crippen molar-refractivity contribution in [1.29, 1.82) is 0 Å². The molecule has 0 fully saturated rings. The Balaban J connectivity index is 1.28. The maximum Gasteiger partial charge on any atom is 0.263 e. The molecule has 10 heteroatoms. The summed E-state index contributed by atoms with van der Waals surface area (Å²) in [5.41, 5.74) is 7.33. The van der Waals surface area contributed by atoms with Gasteiger partial charge in [0.05, 0.1) is 11.4 Å². The Morgan fingerprint density at radius 3 is 2.44 bits per heavy atom. The average Bonchev–Trinajstić information content (AvgIpc) is 3.04. The van der Waals surface area contributed by atoms with E-state index in [1.807, 2.05) is 31.2 Å². The first kappa shape index (κ1) is 23.3. The van der Waals surface area contributed by atoms with Crippen LogP contribution in [0.4, 0.5) is 5.69 Å². The van der Waals surface area contributed by atoms with E-state index in [1.165, 1.54) is 0 Å². The Morgan fingerprint density at radius 1 is 0.938 bits per heavy atom. The third kappa shape index (κ3) is 6.55. The van der Waals surface area contributed by atoms with Crippen molar-refractivity contribution >= 4 is 33.4 Å². The number of benzene rings is 2. The van der Waals surface area contributed by atoms with E-state index in [0.717, 1.165) is 17.7 Å². The van der Waals surface area contributed by atoms with Crippen molar-refractivity contribution in [3.63, 3.8) is 0 Å². The highest BCUT2D eigenvalue weighted by atomic mass is 32.2. The fraction of sp³-hybridized carbons (Fsp3) is 0.318. The van der Waals surface area contributed by atoms with Crippen LogP contribution in [0.3, 0.4) is 0 Å². The normalized spacial score (nSPS) is 15.0. The number of hydrogen-bond acceptors (Lipinski definition) is 6. The number of sulfonamides is 1. The number of amidine groups is 1. The Kier molecular flexibility index (Phi) is 7.82. The highest BCUT2D eigenvalue weighted by molar-refractivity contribution is 7.90. The van der Waals surface area contributed by atoms with Gasteiger partial charge in [0.2, 0.25) is 5.91 Å². The number of anilines is 1. The molecule has 0 aromatic heterocycles. The molecule has 0 bridgehead atoms. The molecule has 2 amide bonds. The van der Waals surface area contributed by atoms with Crippen LogP contribution in [0.25, 0.3) is 0 Å². The summed E-state index contributed by atoms with van der Waals surface area (Å²) in [5, 5.41) is 2.98. The van der Waals surface area contributed by atoms with Crippen molar-refractivity contribution in [2.24, 2.45) is 4.99 Å². The molecule has 0 spiro atoms. The number of amides is 2. The standard InChI is InChI=1S/C22H27N5O4S/c1-16-10-12-17(13-11-16)24-15-21(29)26-25-20(28)9-3-2-6-14-23-22-18-7-4-5-8-19(18)32(30,31)27-22/h4-5,7-8,10-13,24H,2-3,6,9,14-15H2,1H3,(H,23,27)(H,25,28)(H,26,29). The van der Waals surface area contributed by atoms with E-state index >= 15 is 0 Å². The predicted octanol–water partition coefficient (Wildman–Crippen LogP) is 1.85. The fourth-order valence-corrected chi connectivity index (χ4v) is 4.37. The van der Waals surface area contributed by atoms with E-state index in [9.17, 15) is 18.0 Å². The fourth-order valence-electron chi connectivity index (χ4n) is 3.12. The lowest BCUT2D eigenvalue weighted by molar-refractivity contribution is -0.128. The Bertz CT molecular complexity index is 1100. The van der Waals surface area contributed by atoms with Gasteiger partial charge in [-0.15, -0.1) is 0 Å². The summed E-state index contributed by atoms with van der Waals surface area (Å²) >= 11 is 0. The molecule has 2 aromatic rings. The molecular weight excluding hydrogens is 430 g/mol. The van der Waals surface area contributed by atoms with Gasteiger partial charge in [0.15, 0.2) is 0 Å². The number of rotatable bonds is 9. The van der Waals surface area contributed by atoms with Crippen molar-refractivity contribution in [3.8, 4) is 0 Å². The molecule has 0 atom stereocenters. The molecule has 1 aliphatic heterocycles. The van der Waals surface area contributed by atoms with Gasteiger partial charge in [-0.05, 0) is 44.0 Å². The molecule has 0 aliphatic carbocycles. The van der Waals surface area contributed by atoms with Crippen LogP contribution in [-0.4, -0.2) is 39.2 Å². The molecule has 2 aromatic carbocycles. The summed E-state index contributed by atoms with van der Waals surface area (Å²) in [6, 6.07) is 14.4. The second kappa shape index (κ2) is 10.8. The number of carbonyl (C=O) groups excluding carboxylic acids is 2. The third-order valence-corrected chi connectivity index (χ3v) is 6.24. The van der Waals surface area contributed by atoms with E-state index in [2.05, 4.69) is 25.9 Å². The highest BCUT2D eigenvalue weighted by Gasteiger charge is 2.29. The minimum absolute atomic E-state index is 0.0521. The van der Waals surface area contributed by atoms with Crippen molar-refractivity contribution in [3.05, 3.63) is 59.7 Å². The Hall–Kier alpha value is -3.40. The highest BCUT2D eigenvalue weighted by Crippen LogP contribution is 2.22. The second-order valence-electron chi connectivity index (χ2n) is 7.46. The second-order valence-corrected chi connectivity index (χ2v) is 9.11. The average molecular weight is 458 g/mol. The summed E-state index contributed by atoms with van der Waals surface area (Å²) in [4.78, 5) is 28.3. The number of hydrazine groups is 1. The van der Waals surface area contributed by atoms with Crippen LogP contribution in [0.2, 0.25) is 0 Å². The topological polar surface area (TPSA) is 129 Å². The number of aliphatic imine (C=N–C) groups is 1. The zero-order valence-electron chi connectivity index (χ0n) is 17.8. The number of hydrogen-bond donors (Lipinski definition) is 4. The van der Waals surface area contributed by atoms with Gasteiger partial charge in [-0.3, -0.25) is 30.2 Å². The van der Waals surface area contributed by atoms with Gasteiger partial charge in [-0.2, -0.15) is 0 Å². The molecule has 9 nitrogen and oxygen atoms in total. The smallest absolute Gasteiger partial charge is 0.263 e. The first-order valence-corrected chi connectivity index (χ1v) is 11.9. The first-order chi connectivity index (χ1) is 15.3. The van der Waals surface area contributed by atoms with Crippen molar-refractivity contribution in [2.75, 3.05) is 18.4 Å². The Labute approximate surface area is 187 Å². The number of nitrogens with zero attached hydrogens (tertiary/aromatic N) is 1. The largest absolute Gasteiger partial charge is 0.376 e. The molecule has 32 heavy (non-hydrogen) atoms. The predicted molar refractivity (Wildman–Crippen MR) is 123 cm³/mol. The van der Waals surface area contributed by atoms with E-state index in [1.54, 1.807) is 24.3 Å². The van der Waals surface area contributed by atoms with Crippen molar-refractivity contribution in [2.45, 2.75) is 37.5 Å². The molecule has 170 valence electrons. The molecule has 3 rings (SSSR count). The monoisotopic (exact) mass is 457 g/mol. The molecule has 4 N–H and O–H groups in total. The number of nitrogens with one attached hydrogen (secondary N) is 4. The number of aryl methyl sites for hydroxylation is 1. The Morgan fingerprint density at radius 2 is 1.66 bits per heavy atom. The van der Waals surface area contributed by atoms with Gasteiger partial charge in [-0.1, -0.05) is 36.2 Å². The van der Waals surface area contributed by atoms with Gasteiger partial charge in [0, 0.05) is 24.2 Å². The zero-order valence-corrected chi connectivity index (χ0v) is 18.7. The molecule has 0 unspecified atom stereocenters. The van der Waals surface area contributed by atoms with Gasteiger partial charge in [0.25, 0.3) is 15.9 Å². The minimum atomic E-state index is -3.52. The quantitative estimate of drug-likeness (QED) is 0.337. The van der Waals surface area contributed by atoms with Crippen LogP contribution < -0.4 is 20.9 Å². The number of carbonyl (C=O) groups is 2.